The largest absolute Gasteiger partial charge is 0.376 e. The number of hydrogen-bond donors (Lipinski definition) is 1. The van der Waals surface area contributed by atoms with Crippen molar-refractivity contribution < 1.29 is 9.53 Å². The van der Waals surface area contributed by atoms with E-state index in [-0.39, 0.29) is 18.0 Å². The second-order valence-corrected chi connectivity index (χ2v) is 10.2. The minimum Gasteiger partial charge on any atom is -0.376 e. The maximum absolute atomic E-state index is 13.2. The number of nitrogen functional groups attached to an aromatic ring is 1. The Morgan fingerprint density at radius 3 is 2.57 bits per heavy atom. The van der Waals surface area contributed by atoms with Crippen LogP contribution in [0.25, 0.3) is 0 Å². The van der Waals surface area contributed by atoms with Crippen molar-refractivity contribution in [3.63, 3.8) is 0 Å². The van der Waals surface area contributed by atoms with Crippen LogP contribution in [-0.4, -0.2) is 71.6 Å². The fourth-order valence-electron chi connectivity index (χ4n) is 5.14. The molecule has 1 saturated heterocycles. The van der Waals surface area contributed by atoms with Crippen LogP contribution in [0.3, 0.4) is 0 Å². The predicted octanol–water partition coefficient (Wildman–Crippen LogP) is 2.46. The third-order valence-electron chi connectivity index (χ3n) is 6.91. The molecule has 0 bridgehead atoms. The van der Waals surface area contributed by atoms with Crippen LogP contribution in [0.2, 0.25) is 0 Å². The molecular weight excluding hydrogens is 378 g/mol. The van der Waals surface area contributed by atoms with E-state index in [0.717, 1.165) is 50.6 Å². The third-order valence-corrected chi connectivity index (χ3v) is 6.91. The van der Waals surface area contributed by atoms with Gasteiger partial charge in [-0.25, -0.2) is 9.97 Å². The Balaban J connectivity index is 1.44. The molecule has 3 aliphatic rings. The van der Waals surface area contributed by atoms with Crippen LogP contribution in [0.1, 0.15) is 55.7 Å². The Morgan fingerprint density at radius 2 is 1.93 bits per heavy atom. The first-order valence-electron chi connectivity index (χ1n) is 11.5. The summed E-state index contributed by atoms with van der Waals surface area (Å²) in [6, 6.07) is 2.25. The third kappa shape index (κ3) is 4.94. The van der Waals surface area contributed by atoms with Crippen molar-refractivity contribution in [3.8, 4) is 0 Å². The van der Waals surface area contributed by atoms with Crippen LogP contribution >= 0.6 is 0 Å². The summed E-state index contributed by atoms with van der Waals surface area (Å²) in [5.41, 5.74) is 7.18. The number of likely N-dealkylation sites (tertiary alicyclic amines) is 1. The van der Waals surface area contributed by atoms with Gasteiger partial charge in [0.2, 0.25) is 5.95 Å². The molecule has 2 aliphatic carbocycles. The molecule has 3 fully saturated rings. The average molecular weight is 416 g/mol. The number of hydrogen-bond acceptors (Lipinski definition) is 6. The van der Waals surface area contributed by atoms with Gasteiger partial charge in [0.1, 0.15) is 5.69 Å². The summed E-state index contributed by atoms with van der Waals surface area (Å²) in [7, 11) is 4.30. The average Bonchev–Trinajstić information content (AvgIpc) is 3.41. The van der Waals surface area contributed by atoms with Gasteiger partial charge in [0, 0.05) is 31.4 Å². The Kier molecular flexibility index (Phi) is 6.30. The van der Waals surface area contributed by atoms with Gasteiger partial charge in [-0.05, 0) is 75.9 Å². The Bertz CT molecular complexity index is 764. The zero-order chi connectivity index (χ0) is 21.4. The predicted molar refractivity (Wildman–Crippen MR) is 117 cm³/mol. The minimum absolute atomic E-state index is 0.0136. The van der Waals surface area contributed by atoms with Crippen molar-refractivity contribution >= 4 is 11.9 Å². The molecule has 1 aromatic rings. The highest BCUT2D eigenvalue weighted by Gasteiger charge is 2.45. The summed E-state index contributed by atoms with van der Waals surface area (Å²) in [5, 5.41) is 0. The molecule has 0 unspecified atom stereocenters. The minimum atomic E-state index is -0.0136. The number of carbonyl (C=O) groups excluding carboxylic acids is 1. The van der Waals surface area contributed by atoms with Crippen LogP contribution < -0.4 is 5.73 Å². The first kappa shape index (κ1) is 21.5. The molecule has 0 radical (unpaired) electrons. The molecule has 7 nitrogen and oxygen atoms in total. The van der Waals surface area contributed by atoms with Gasteiger partial charge in [-0.2, -0.15) is 0 Å². The Morgan fingerprint density at radius 1 is 1.23 bits per heavy atom. The summed E-state index contributed by atoms with van der Waals surface area (Å²) in [6.45, 7) is 6.75. The van der Waals surface area contributed by atoms with E-state index in [1.807, 2.05) is 11.0 Å². The molecular formula is C23H37N5O2. The molecule has 4 rings (SSSR count). The lowest BCUT2D eigenvalue weighted by atomic mass is 9.77. The van der Waals surface area contributed by atoms with E-state index in [1.54, 1.807) is 0 Å². The molecule has 2 saturated carbocycles. The lowest BCUT2D eigenvalue weighted by molar-refractivity contribution is -0.0493. The number of ether oxygens (including phenoxy) is 1. The quantitative estimate of drug-likeness (QED) is 0.736. The van der Waals surface area contributed by atoms with Crippen molar-refractivity contribution in [3.05, 3.63) is 17.5 Å². The molecule has 2 heterocycles. The molecule has 2 N–H and O–H groups in total. The van der Waals surface area contributed by atoms with Crippen molar-refractivity contribution in [2.45, 2.75) is 58.1 Å². The van der Waals surface area contributed by atoms with Gasteiger partial charge in [-0.3, -0.25) is 4.79 Å². The molecule has 1 aromatic heterocycles. The maximum Gasteiger partial charge on any atom is 0.272 e. The number of carbonyl (C=O) groups is 1. The van der Waals surface area contributed by atoms with Crippen molar-refractivity contribution in [1.29, 1.82) is 0 Å². The Hall–Kier alpha value is -1.73. The highest BCUT2D eigenvalue weighted by Crippen LogP contribution is 2.40. The number of rotatable bonds is 7. The zero-order valence-corrected chi connectivity index (χ0v) is 18.9. The SMILES string of the molecule is CC(C)Cc1cc(C(=O)N2C[C@H]3C[C@@H](N(C)C)[C@H](OCC4CC4)C[C@H]3C2)nc(N)n1. The molecule has 1 aliphatic heterocycles. The Labute approximate surface area is 180 Å². The fraction of sp³-hybridized carbons (Fsp3) is 0.783. The highest BCUT2D eigenvalue weighted by atomic mass is 16.5. The second-order valence-electron chi connectivity index (χ2n) is 10.2. The van der Waals surface area contributed by atoms with E-state index in [1.165, 1.54) is 12.8 Å². The number of fused-ring (bicyclic) bond motifs is 1. The number of aromatic nitrogens is 2. The molecule has 0 spiro atoms. The van der Waals surface area contributed by atoms with Gasteiger partial charge in [-0.15, -0.1) is 0 Å². The molecule has 0 aromatic carbocycles. The standard InChI is InChI=1S/C23H37N5O2/c1-14(2)7-18-10-19(26-23(24)25-18)22(29)28-11-16-8-20(27(3)4)21(9-17(16)12-28)30-13-15-5-6-15/h10,14-17,20-21H,5-9,11-13H2,1-4H3,(H2,24,25,26)/t16-,17+,20-,21-/m1/s1. The number of nitrogens with zero attached hydrogens (tertiary/aromatic N) is 4. The van der Waals surface area contributed by atoms with Crippen LogP contribution in [0, 0.1) is 23.7 Å². The van der Waals surface area contributed by atoms with E-state index in [4.69, 9.17) is 10.5 Å². The summed E-state index contributed by atoms with van der Waals surface area (Å²) < 4.78 is 6.36. The topological polar surface area (TPSA) is 84.6 Å². The zero-order valence-electron chi connectivity index (χ0n) is 18.9. The van der Waals surface area contributed by atoms with Gasteiger partial charge in [0.25, 0.3) is 5.91 Å². The van der Waals surface area contributed by atoms with E-state index in [9.17, 15) is 4.79 Å². The first-order valence-corrected chi connectivity index (χ1v) is 11.5. The first-order chi connectivity index (χ1) is 14.3. The van der Waals surface area contributed by atoms with Crippen LogP contribution in [0.4, 0.5) is 5.95 Å². The molecule has 1 amide bonds. The molecule has 7 heteroatoms. The van der Waals surface area contributed by atoms with Crippen LogP contribution in [0.5, 0.6) is 0 Å². The highest BCUT2D eigenvalue weighted by molar-refractivity contribution is 5.92. The summed E-state index contributed by atoms with van der Waals surface area (Å²) >= 11 is 0. The number of amides is 1. The smallest absolute Gasteiger partial charge is 0.272 e. The van der Waals surface area contributed by atoms with E-state index in [2.05, 4.69) is 42.8 Å². The second kappa shape index (κ2) is 8.79. The maximum atomic E-state index is 13.2. The van der Waals surface area contributed by atoms with Crippen LogP contribution in [-0.2, 0) is 11.2 Å². The van der Waals surface area contributed by atoms with Crippen molar-refractivity contribution in [2.75, 3.05) is 39.5 Å². The lowest BCUT2D eigenvalue weighted by Gasteiger charge is -2.41. The summed E-state index contributed by atoms with van der Waals surface area (Å²) in [4.78, 5) is 26.1. The van der Waals surface area contributed by atoms with E-state index < -0.39 is 0 Å². The summed E-state index contributed by atoms with van der Waals surface area (Å²) in [6.07, 6.45) is 5.81. The van der Waals surface area contributed by atoms with Gasteiger partial charge in [-0.1, -0.05) is 13.8 Å². The number of anilines is 1. The van der Waals surface area contributed by atoms with Crippen LogP contribution in [0.15, 0.2) is 6.07 Å². The van der Waals surface area contributed by atoms with E-state index >= 15 is 0 Å². The van der Waals surface area contributed by atoms with E-state index in [0.29, 0.717) is 29.5 Å². The molecule has 4 atom stereocenters. The molecule has 30 heavy (non-hydrogen) atoms. The van der Waals surface area contributed by atoms with Gasteiger partial charge in [0.05, 0.1) is 6.10 Å². The van der Waals surface area contributed by atoms with Gasteiger partial charge in [0.15, 0.2) is 0 Å². The lowest BCUT2D eigenvalue weighted by Crippen LogP contribution is -2.48. The van der Waals surface area contributed by atoms with Crippen molar-refractivity contribution in [2.24, 2.45) is 23.7 Å². The monoisotopic (exact) mass is 415 g/mol. The number of likely N-dealkylation sites (N-methyl/N-ethyl adjacent to an activating group) is 1. The molecule has 166 valence electrons. The summed E-state index contributed by atoms with van der Waals surface area (Å²) in [5.74, 6) is 2.43. The van der Waals surface area contributed by atoms with Gasteiger partial charge >= 0.3 is 0 Å². The normalized spacial score (nSPS) is 28.9. The number of nitrogens with two attached hydrogens (primary N) is 1. The van der Waals surface area contributed by atoms with Gasteiger partial charge < -0.3 is 20.3 Å². The van der Waals surface area contributed by atoms with Crippen molar-refractivity contribution in [1.82, 2.24) is 19.8 Å². The fourth-order valence-corrected chi connectivity index (χ4v) is 5.14.